The number of methoxy groups -OCH3 is 1. The molecule has 0 saturated heterocycles. The maximum atomic E-state index is 12.1. The molecule has 7 nitrogen and oxygen atoms in total. The lowest BCUT2D eigenvalue weighted by molar-refractivity contribution is -0.147. The maximum Gasteiger partial charge on any atom is 0.314 e. The lowest BCUT2D eigenvalue weighted by atomic mass is 10.0. The number of benzene rings is 1. The minimum atomic E-state index is -3.38. The number of esters is 1. The number of carbonyl (C=O) groups excluding carboxylic acids is 2. The fourth-order valence-corrected chi connectivity index (χ4v) is 4.45. The van der Waals surface area contributed by atoms with Gasteiger partial charge in [-0.1, -0.05) is 30.3 Å². The van der Waals surface area contributed by atoms with E-state index in [-0.39, 0.29) is 25.3 Å². The number of amides is 1. The van der Waals surface area contributed by atoms with Gasteiger partial charge < -0.3 is 15.8 Å². The van der Waals surface area contributed by atoms with Crippen LogP contribution in [0.3, 0.4) is 0 Å². The fraction of sp³-hybridized carbons (Fsp3) is 0.500. The summed E-state index contributed by atoms with van der Waals surface area (Å²) in [6.07, 6.45) is 1.28. The zero-order chi connectivity index (χ0) is 18.0. The van der Waals surface area contributed by atoms with Gasteiger partial charge in [-0.05, 0) is 12.0 Å². The van der Waals surface area contributed by atoms with Crippen molar-refractivity contribution in [2.45, 2.75) is 24.1 Å². The second-order valence-electron chi connectivity index (χ2n) is 6.17. The summed E-state index contributed by atoms with van der Waals surface area (Å²) in [5.74, 6) is -0.959. The summed E-state index contributed by atoms with van der Waals surface area (Å²) in [6, 6.07) is 8.71. The van der Waals surface area contributed by atoms with Crippen LogP contribution in [0.1, 0.15) is 24.4 Å². The van der Waals surface area contributed by atoms with Gasteiger partial charge in [-0.15, -0.1) is 0 Å². The first-order valence-electron chi connectivity index (χ1n) is 7.55. The average Bonchev–Trinajstić information content (AvgIpc) is 3.29. The molecule has 0 bridgehead atoms. The number of rotatable bonds is 7. The highest BCUT2D eigenvalue weighted by molar-refractivity contribution is 7.91. The third kappa shape index (κ3) is 3.93. The molecule has 0 aromatic heterocycles. The summed E-state index contributed by atoms with van der Waals surface area (Å²) in [5, 5.41) is 1.80. The van der Waals surface area contributed by atoms with Gasteiger partial charge >= 0.3 is 5.97 Å². The molecule has 1 aliphatic rings. The molecular formula is C16H22N2O5S. The highest BCUT2D eigenvalue weighted by atomic mass is 32.2. The Morgan fingerprint density at radius 1 is 1.38 bits per heavy atom. The number of ether oxygens (including phenoxy) is 1. The molecule has 1 aliphatic carbocycles. The van der Waals surface area contributed by atoms with E-state index in [1.54, 1.807) is 0 Å². The van der Waals surface area contributed by atoms with E-state index in [0.29, 0.717) is 0 Å². The van der Waals surface area contributed by atoms with E-state index < -0.39 is 32.5 Å². The predicted octanol–water partition coefficient (Wildman–Crippen LogP) is 0.169. The molecule has 24 heavy (non-hydrogen) atoms. The topological polar surface area (TPSA) is 116 Å². The van der Waals surface area contributed by atoms with E-state index in [4.69, 9.17) is 10.5 Å². The zero-order valence-corrected chi connectivity index (χ0v) is 14.5. The molecule has 1 aromatic rings. The Morgan fingerprint density at radius 3 is 2.50 bits per heavy atom. The Morgan fingerprint density at radius 2 is 2.00 bits per heavy atom. The van der Waals surface area contributed by atoms with Gasteiger partial charge in [0.2, 0.25) is 5.91 Å². The lowest BCUT2D eigenvalue weighted by Gasteiger charge is -2.17. The number of carbonyl (C=O) groups is 2. The van der Waals surface area contributed by atoms with Gasteiger partial charge in [-0.25, -0.2) is 8.42 Å². The highest BCUT2D eigenvalue weighted by Crippen LogP contribution is 2.51. The van der Waals surface area contributed by atoms with Crippen molar-refractivity contribution in [1.29, 1.82) is 0 Å². The van der Waals surface area contributed by atoms with Crippen LogP contribution in [0.4, 0.5) is 0 Å². The van der Waals surface area contributed by atoms with Crippen LogP contribution in [0.25, 0.3) is 0 Å². The molecule has 0 unspecified atom stereocenters. The van der Waals surface area contributed by atoms with E-state index in [0.717, 1.165) is 11.8 Å². The molecule has 3 atom stereocenters. The molecule has 0 aliphatic heterocycles. The molecule has 132 valence electrons. The van der Waals surface area contributed by atoms with Crippen molar-refractivity contribution in [3.05, 3.63) is 35.9 Å². The Bertz CT molecular complexity index is 719. The smallest absolute Gasteiger partial charge is 0.314 e. The van der Waals surface area contributed by atoms with Crippen molar-refractivity contribution in [2.75, 3.05) is 19.9 Å². The van der Waals surface area contributed by atoms with Crippen molar-refractivity contribution >= 4 is 21.7 Å². The third-order valence-electron chi connectivity index (χ3n) is 4.35. The van der Waals surface area contributed by atoms with Crippen molar-refractivity contribution in [3.8, 4) is 0 Å². The second-order valence-corrected chi connectivity index (χ2v) is 8.40. The van der Waals surface area contributed by atoms with Crippen LogP contribution < -0.4 is 11.1 Å². The van der Waals surface area contributed by atoms with Crippen LogP contribution >= 0.6 is 0 Å². The third-order valence-corrected chi connectivity index (χ3v) is 6.00. The van der Waals surface area contributed by atoms with Gasteiger partial charge in [0.05, 0.1) is 12.4 Å². The highest BCUT2D eigenvalue weighted by Gasteiger charge is 2.66. The first-order chi connectivity index (χ1) is 11.2. The molecule has 0 spiro atoms. The fourth-order valence-electron chi connectivity index (χ4n) is 2.86. The van der Waals surface area contributed by atoms with Crippen LogP contribution in [0, 0.1) is 5.41 Å². The number of nitrogens with two attached hydrogens (primary N) is 1. The van der Waals surface area contributed by atoms with Gasteiger partial charge in [0, 0.05) is 25.3 Å². The van der Waals surface area contributed by atoms with Crippen LogP contribution in [-0.4, -0.2) is 45.5 Å². The summed E-state index contributed by atoms with van der Waals surface area (Å²) >= 11 is 0. The molecule has 1 aromatic carbocycles. The summed E-state index contributed by atoms with van der Waals surface area (Å²) < 4.78 is 28.1. The van der Waals surface area contributed by atoms with Crippen LogP contribution in [0.2, 0.25) is 0 Å². The minimum Gasteiger partial charge on any atom is -0.469 e. The standard InChI is InChI=1S/C16H22N2O5S/c1-23-15(20)16(9-13(16)24(2,21)22)10-18-14(19)8-12(17)11-6-4-3-5-7-11/h3-7,12-13H,8-10,17H2,1-2H3,(H,18,19)/t12-,13+,16-/m1/s1. The molecule has 0 radical (unpaired) electrons. The van der Waals surface area contributed by atoms with E-state index >= 15 is 0 Å². The number of hydrogen-bond acceptors (Lipinski definition) is 6. The van der Waals surface area contributed by atoms with Gasteiger partial charge in [0.1, 0.15) is 5.41 Å². The van der Waals surface area contributed by atoms with Crippen LogP contribution in [0.15, 0.2) is 30.3 Å². The normalized spacial score (nSPS) is 24.0. The summed E-state index contributed by atoms with van der Waals surface area (Å²) in [5.41, 5.74) is 5.63. The second kappa shape index (κ2) is 6.90. The van der Waals surface area contributed by atoms with Gasteiger partial charge in [0.25, 0.3) is 0 Å². The minimum absolute atomic E-state index is 0.0464. The molecule has 1 fully saturated rings. The van der Waals surface area contributed by atoms with Crippen molar-refractivity contribution in [1.82, 2.24) is 5.32 Å². The zero-order valence-electron chi connectivity index (χ0n) is 13.7. The summed E-state index contributed by atoms with van der Waals surface area (Å²) in [7, 11) is -2.18. The van der Waals surface area contributed by atoms with Crippen LogP contribution in [0.5, 0.6) is 0 Å². The lowest BCUT2D eigenvalue weighted by Crippen LogP contribution is -2.39. The monoisotopic (exact) mass is 354 g/mol. The molecule has 1 saturated carbocycles. The van der Waals surface area contributed by atoms with Crippen molar-refractivity contribution in [3.63, 3.8) is 0 Å². The van der Waals surface area contributed by atoms with E-state index in [1.165, 1.54) is 7.11 Å². The van der Waals surface area contributed by atoms with Gasteiger partial charge in [0.15, 0.2) is 9.84 Å². The first-order valence-corrected chi connectivity index (χ1v) is 9.50. The van der Waals surface area contributed by atoms with Crippen LogP contribution in [-0.2, 0) is 24.2 Å². The average molecular weight is 354 g/mol. The van der Waals surface area contributed by atoms with E-state index in [1.807, 2.05) is 30.3 Å². The van der Waals surface area contributed by atoms with Crippen molar-refractivity contribution < 1.29 is 22.7 Å². The molecule has 1 amide bonds. The summed E-state index contributed by atoms with van der Waals surface area (Å²) in [4.78, 5) is 24.0. The summed E-state index contributed by atoms with van der Waals surface area (Å²) in [6.45, 7) is -0.0717. The molecule has 3 N–H and O–H groups in total. The number of hydrogen-bond donors (Lipinski definition) is 2. The number of sulfone groups is 1. The molecular weight excluding hydrogens is 332 g/mol. The molecule has 0 heterocycles. The predicted molar refractivity (Wildman–Crippen MR) is 88.7 cm³/mol. The molecule has 2 rings (SSSR count). The quantitative estimate of drug-likeness (QED) is 0.674. The Kier molecular flexibility index (Phi) is 5.29. The van der Waals surface area contributed by atoms with Gasteiger partial charge in [-0.2, -0.15) is 0 Å². The first kappa shape index (κ1) is 18.4. The largest absolute Gasteiger partial charge is 0.469 e. The SMILES string of the molecule is COC(=O)[C@@]1(CNC(=O)C[C@@H](N)c2ccccc2)C[C@@H]1S(C)(=O)=O. The maximum absolute atomic E-state index is 12.1. The Hall–Kier alpha value is -1.93. The Balaban J connectivity index is 1.96. The number of nitrogens with one attached hydrogen (secondary N) is 1. The van der Waals surface area contributed by atoms with E-state index in [9.17, 15) is 18.0 Å². The Labute approximate surface area is 141 Å². The van der Waals surface area contributed by atoms with Crippen molar-refractivity contribution in [2.24, 2.45) is 11.1 Å². The molecule has 8 heteroatoms. The van der Waals surface area contributed by atoms with Gasteiger partial charge in [-0.3, -0.25) is 9.59 Å². The van der Waals surface area contributed by atoms with E-state index in [2.05, 4.69) is 5.32 Å².